The van der Waals surface area contributed by atoms with Crippen molar-refractivity contribution in [2.45, 2.75) is 35.5 Å². The number of likely N-dealkylation sites (tertiary alicyclic amines) is 1. The summed E-state index contributed by atoms with van der Waals surface area (Å²) < 4.78 is 62.4. The van der Waals surface area contributed by atoms with E-state index in [-0.39, 0.29) is 21.2 Å². The molecule has 0 atom stereocenters. The quantitative estimate of drug-likeness (QED) is 0.454. The number of nitrogens with one attached hydrogen (secondary N) is 1. The van der Waals surface area contributed by atoms with Gasteiger partial charge in [0.25, 0.3) is 20.0 Å². The molecule has 1 saturated heterocycles. The maximum absolute atomic E-state index is 12.9. The Morgan fingerprint density at radius 2 is 1.82 bits per heavy atom. The highest BCUT2D eigenvalue weighted by Gasteiger charge is 2.23. The van der Waals surface area contributed by atoms with E-state index in [0.717, 1.165) is 37.5 Å². The number of rotatable bonds is 7. The third-order valence-electron chi connectivity index (χ3n) is 5.10. The average molecular weight is 497 g/mol. The van der Waals surface area contributed by atoms with E-state index in [2.05, 4.69) is 9.12 Å². The van der Waals surface area contributed by atoms with Crippen molar-refractivity contribution in [3.63, 3.8) is 0 Å². The van der Waals surface area contributed by atoms with Gasteiger partial charge in [0.15, 0.2) is 5.75 Å². The van der Waals surface area contributed by atoms with Crippen LogP contribution in [0.3, 0.4) is 0 Å². The highest BCUT2D eigenvalue weighted by Crippen LogP contribution is 2.30. The highest BCUT2D eigenvalue weighted by molar-refractivity contribution is 7.92. The molecule has 13 heteroatoms. The Balaban J connectivity index is 1.91. The van der Waals surface area contributed by atoms with Crippen LogP contribution in [-0.2, 0) is 20.0 Å². The van der Waals surface area contributed by atoms with E-state index in [1.54, 1.807) is 7.05 Å². The average Bonchev–Trinajstić information content (AvgIpc) is 2.96. The molecule has 1 N–H and O–H groups in total. The number of anilines is 1. The SMILES string of the molecule is COc1ccc(S(=O)(=O)Nc2cccc(S(=O)(=O)/N=C3\CCCCCN3C)c2)cc1[N+](=O)[O-]. The fraction of sp³-hybridized carbons (Fsp3) is 0.350. The summed E-state index contributed by atoms with van der Waals surface area (Å²) in [6, 6.07) is 8.44. The lowest BCUT2D eigenvalue weighted by Gasteiger charge is -2.17. The Kier molecular flexibility index (Phi) is 7.22. The lowest BCUT2D eigenvalue weighted by atomic mass is 10.2. The van der Waals surface area contributed by atoms with Crippen molar-refractivity contribution in [1.82, 2.24) is 4.90 Å². The normalized spacial score (nSPS) is 16.3. The minimum absolute atomic E-state index is 0.0241. The van der Waals surface area contributed by atoms with Gasteiger partial charge < -0.3 is 9.64 Å². The van der Waals surface area contributed by atoms with E-state index >= 15 is 0 Å². The van der Waals surface area contributed by atoms with E-state index in [4.69, 9.17) is 4.74 Å². The number of benzene rings is 2. The van der Waals surface area contributed by atoms with Gasteiger partial charge in [-0.05, 0) is 43.2 Å². The van der Waals surface area contributed by atoms with Crippen LogP contribution in [0.1, 0.15) is 25.7 Å². The summed E-state index contributed by atoms with van der Waals surface area (Å²) in [6.07, 6.45) is 3.32. The molecule has 1 aliphatic rings. The molecule has 1 aliphatic heterocycles. The first-order valence-corrected chi connectivity index (χ1v) is 13.0. The molecule has 0 saturated carbocycles. The fourth-order valence-corrected chi connectivity index (χ4v) is 5.56. The summed E-state index contributed by atoms with van der Waals surface area (Å²) in [5.74, 6) is 0.374. The number of nitrogens with zero attached hydrogens (tertiary/aromatic N) is 3. The van der Waals surface area contributed by atoms with Crippen molar-refractivity contribution < 1.29 is 26.5 Å². The minimum atomic E-state index is -4.25. The molecule has 2 aromatic carbocycles. The first kappa shape index (κ1) is 24.5. The van der Waals surface area contributed by atoms with Crippen LogP contribution in [0.25, 0.3) is 0 Å². The molecule has 1 heterocycles. The zero-order chi connectivity index (χ0) is 24.2. The van der Waals surface area contributed by atoms with Gasteiger partial charge in [-0.25, -0.2) is 8.42 Å². The fourth-order valence-electron chi connectivity index (χ4n) is 3.35. The van der Waals surface area contributed by atoms with Gasteiger partial charge in [-0.1, -0.05) is 12.5 Å². The maximum Gasteiger partial charge on any atom is 0.312 e. The molecule has 3 rings (SSSR count). The molecule has 0 bridgehead atoms. The molecule has 11 nitrogen and oxygen atoms in total. The van der Waals surface area contributed by atoms with Crippen LogP contribution in [0.15, 0.2) is 56.7 Å². The first-order valence-electron chi connectivity index (χ1n) is 10.0. The molecule has 178 valence electrons. The van der Waals surface area contributed by atoms with Gasteiger partial charge in [0.1, 0.15) is 5.84 Å². The van der Waals surface area contributed by atoms with Crippen molar-refractivity contribution >= 4 is 37.3 Å². The van der Waals surface area contributed by atoms with Crippen LogP contribution in [0.4, 0.5) is 11.4 Å². The minimum Gasteiger partial charge on any atom is -0.490 e. The zero-order valence-electron chi connectivity index (χ0n) is 18.1. The maximum atomic E-state index is 12.9. The van der Waals surface area contributed by atoms with Crippen molar-refractivity contribution in [3.05, 3.63) is 52.6 Å². The largest absolute Gasteiger partial charge is 0.490 e. The van der Waals surface area contributed by atoms with Crippen molar-refractivity contribution in [2.24, 2.45) is 4.40 Å². The predicted molar refractivity (Wildman–Crippen MR) is 123 cm³/mol. The number of nitro benzene ring substituents is 1. The molecular formula is C20H24N4O7S2. The molecular weight excluding hydrogens is 472 g/mol. The Labute approximate surface area is 192 Å². The molecule has 33 heavy (non-hydrogen) atoms. The number of amidine groups is 1. The van der Waals surface area contributed by atoms with Gasteiger partial charge in [0.2, 0.25) is 0 Å². The Morgan fingerprint density at radius 3 is 2.52 bits per heavy atom. The number of sulfonamides is 2. The monoisotopic (exact) mass is 496 g/mol. The van der Waals surface area contributed by atoms with Crippen LogP contribution in [0.2, 0.25) is 0 Å². The second-order valence-electron chi connectivity index (χ2n) is 7.44. The Hall–Kier alpha value is -3.19. The van der Waals surface area contributed by atoms with Crippen LogP contribution in [0, 0.1) is 10.1 Å². The summed E-state index contributed by atoms with van der Waals surface area (Å²) in [5, 5.41) is 11.2. The number of hydrogen-bond donors (Lipinski definition) is 1. The summed E-state index contributed by atoms with van der Waals surface area (Å²) in [7, 11) is -5.30. The van der Waals surface area contributed by atoms with E-state index in [0.29, 0.717) is 18.8 Å². The molecule has 0 radical (unpaired) electrons. The number of methoxy groups -OCH3 is 1. The second-order valence-corrected chi connectivity index (χ2v) is 10.7. The predicted octanol–water partition coefficient (Wildman–Crippen LogP) is 3.00. The van der Waals surface area contributed by atoms with E-state index in [9.17, 15) is 26.9 Å². The standard InChI is InChI=1S/C20H24N4O7S2/c1-23-12-5-3-4-9-20(23)22-33(29,30)16-8-6-7-15(13-16)21-32(27,28)17-10-11-19(31-2)18(14-17)24(25)26/h6-8,10-11,13-14,21H,3-5,9,12H2,1-2H3/b22-20+. The molecule has 1 fully saturated rings. The lowest BCUT2D eigenvalue weighted by molar-refractivity contribution is -0.386. The number of nitro groups is 1. The summed E-state index contributed by atoms with van der Waals surface area (Å²) >= 11 is 0. The second kappa shape index (κ2) is 9.75. The Morgan fingerprint density at radius 1 is 1.06 bits per heavy atom. The van der Waals surface area contributed by atoms with Crippen molar-refractivity contribution in [1.29, 1.82) is 0 Å². The third kappa shape index (κ3) is 5.79. The van der Waals surface area contributed by atoms with Crippen LogP contribution in [-0.4, -0.2) is 53.2 Å². The molecule has 0 aromatic heterocycles. The number of hydrogen-bond acceptors (Lipinski definition) is 7. The van der Waals surface area contributed by atoms with Crippen LogP contribution in [0.5, 0.6) is 5.75 Å². The molecule has 2 aromatic rings. The molecule has 0 unspecified atom stereocenters. The van der Waals surface area contributed by atoms with Crippen molar-refractivity contribution in [2.75, 3.05) is 25.4 Å². The van der Waals surface area contributed by atoms with Gasteiger partial charge in [-0.15, -0.1) is 4.40 Å². The summed E-state index contributed by atoms with van der Waals surface area (Å²) in [5.41, 5.74) is -0.538. The third-order valence-corrected chi connectivity index (χ3v) is 7.78. The Bertz CT molecular complexity index is 1290. The van der Waals surface area contributed by atoms with Gasteiger partial charge in [-0.2, -0.15) is 8.42 Å². The molecule has 0 amide bonds. The van der Waals surface area contributed by atoms with Gasteiger partial charge in [0, 0.05) is 26.1 Å². The zero-order valence-corrected chi connectivity index (χ0v) is 19.7. The number of ether oxygens (including phenoxy) is 1. The van der Waals surface area contributed by atoms with Gasteiger partial charge in [0.05, 0.1) is 27.5 Å². The summed E-state index contributed by atoms with van der Waals surface area (Å²) in [6.45, 7) is 0.711. The first-order chi connectivity index (χ1) is 15.5. The topological polar surface area (TPSA) is 148 Å². The smallest absolute Gasteiger partial charge is 0.312 e. The molecule has 0 spiro atoms. The van der Waals surface area contributed by atoms with Gasteiger partial charge in [-0.3, -0.25) is 14.8 Å². The highest BCUT2D eigenvalue weighted by atomic mass is 32.2. The lowest BCUT2D eigenvalue weighted by Crippen LogP contribution is -2.26. The van der Waals surface area contributed by atoms with Crippen LogP contribution < -0.4 is 9.46 Å². The van der Waals surface area contributed by atoms with E-state index < -0.39 is 30.7 Å². The van der Waals surface area contributed by atoms with E-state index in [1.807, 2.05) is 4.90 Å². The van der Waals surface area contributed by atoms with Crippen LogP contribution >= 0.6 is 0 Å². The summed E-state index contributed by atoms with van der Waals surface area (Å²) in [4.78, 5) is 11.7. The van der Waals surface area contributed by atoms with E-state index in [1.165, 1.54) is 31.4 Å². The van der Waals surface area contributed by atoms with Crippen molar-refractivity contribution in [3.8, 4) is 5.75 Å². The van der Waals surface area contributed by atoms with Gasteiger partial charge >= 0.3 is 5.69 Å². The molecule has 0 aliphatic carbocycles.